The van der Waals surface area contributed by atoms with Crippen LogP contribution < -0.4 is 10.6 Å². The first-order valence-corrected chi connectivity index (χ1v) is 7.06. The van der Waals surface area contributed by atoms with Crippen molar-refractivity contribution in [2.75, 3.05) is 19.7 Å². The normalized spacial score (nSPS) is 29.8. The Morgan fingerprint density at radius 2 is 2.16 bits per heavy atom. The number of nitrogens with one attached hydrogen (secondary N) is 2. The summed E-state index contributed by atoms with van der Waals surface area (Å²) in [5, 5.41) is 15.8. The number of carbonyl (C=O) groups is 1. The van der Waals surface area contributed by atoms with Crippen LogP contribution in [0, 0.1) is 11.3 Å². The largest absolute Gasteiger partial charge is 0.394 e. The summed E-state index contributed by atoms with van der Waals surface area (Å²) in [6.45, 7) is 11.0. The van der Waals surface area contributed by atoms with Gasteiger partial charge in [0.2, 0.25) is 5.91 Å². The molecule has 1 aliphatic rings. The van der Waals surface area contributed by atoms with Crippen molar-refractivity contribution in [1.29, 1.82) is 0 Å². The van der Waals surface area contributed by atoms with Gasteiger partial charge in [-0.1, -0.05) is 26.8 Å². The summed E-state index contributed by atoms with van der Waals surface area (Å²) in [5.74, 6) is 0.503. The van der Waals surface area contributed by atoms with Gasteiger partial charge in [0.05, 0.1) is 13.2 Å². The van der Waals surface area contributed by atoms with Gasteiger partial charge < -0.3 is 15.7 Å². The van der Waals surface area contributed by atoms with Crippen LogP contribution in [-0.4, -0.2) is 36.2 Å². The molecule has 0 radical (unpaired) electrons. The molecule has 110 valence electrons. The second-order valence-electron chi connectivity index (χ2n) is 6.74. The van der Waals surface area contributed by atoms with Crippen molar-refractivity contribution in [2.45, 2.75) is 45.6 Å². The molecule has 0 unspecified atom stereocenters. The molecule has 1 rings (SSSR count). The summed E-state index contributed by atoms with van der Waals surface area (Å²) in [6, 6.07) is 0. The van der Waals surface area contributed by atoms with Gasteiger partial charge in [0.15, 0.2) is 0 Å². The van der Waals surface area contributed by atoms with Crippen molar-refractivity contribution in [2.24, 2.45) is 11.3 Å². The van der Waals surface area contributed by atoms with Crippen LogP contribution in [0.15, 0.2) is 12.7 Å². The van der Waals surface area contributed by atoms with Gasteiger partial charge >= 0.3 is 0 Å². The molecule has 0 aromatic rings. The maximum atomic E-state index is 11.6. The van der Waals surface area contributed by atoms with Crippen LogP contribution >= 0.6 is 0 Å². The lowest BCUT2D eigenvalue weighted by Gasteiger charge is -2.47. The standard InChI is InChI=1S/C15H28N2O2/c1-5-6-16-13(19)9-17-15(11-18)8-12(2)7-14(3,4)10-15/h5,12,17-18H,1,6-11H2,2-4H3,(H,16,19)/t12-,15-/m1/s1. The molecule has 1 amide bonds. The van der Waals surface area contributed by atoms with Crippen molar-refractivity contribution in [3.63, 3.8) is 0 Å². The fourth-order valence-electron chi connectivity index (χ4n) is 3.57. The van der Waals surface area contributed by atoms with E-state index in [4.69, 9.17) is 0 Å². The summed E-state index contributed by atoms with van der Waals surface area (Å²) in [7, 11) is 0. The molecule has 0 bridgehead atoms. The quantitative estimate of drug-likeness (QED) is 0.639. The number of carbonyl (C=O) groups excluding carboxylic acids is 1. The van der Waals surface area contributed by atoms with Crippen LogP contribution in [-0.2, 0) is 4.79 Å². The molecule has 4 heteroatoms. The molecular weight excluding hydrogens is 240 g/mol. The van der Waals surface area contributed by atoms with Crippen LogP contribution in [0.5, 0.6) is 0 Å². The molecular formula is C15H28N2O2. The summed E-state index contributed by atoms with van der Waals surface area (Å²) in [5.41, 5.74) is -0.127. The van der Waals surface area contributed by atoms with Gasteiger partial charge in [-0.2, -0.15) is 0 Å². The van der Waals surface area contributed by atoms with Crippen molar-refractivity contribution in [1.82, 2.24) is 10.6 Å². The highest BCUT2D eigenvalue weighted by atomic mass is 16.3. The fourth-order valence-corrected chi connectivity index (χ4v) is 3.57. The monoisotopic (exact) mass is 268 g/mol. The first-order chi connectivity index (χ1) is 8.82. The predicted octanol–water partition coefficient (Wildman–Crippen LogP) is 1.46. The highest BCUT2D eigenvalue weighted by Crippen LogP contribution is 2.43. The molecule has 3 N–H and O–H groups in total. The minimum Gasteiger partial charge on any atom is -0.394 e. The number of aliphatic hydroxyl groups is 1. The third-order valence-electron chi connectivity index (χ3n) is 3.83. The first-order valence-electron chi connectivity index (χ1n) is 7.06. The van der Waals surface area contributed by atoms with E-state index in [0.717, 1.165) is 12.8 Å². The molecule has 19 heavy (non-hydrogen) atoms. The zero-order valence-corrected chi connectivity index (χ0v) is 12.5. The minimum atomic E-state index is -0.327. The van der Waals surface area contributed by atoms with Crippen molar-refractivity contribution >= 4 is 5.91 Å². The van der Waals surface area contributed by atoms with E-state index in [0.29, 0.717) is 12.5 Å². The molecule has 0 aromatic heterocycles. The Hall–Kier alpha value is -0.870. The Morgan fingerprint density at radius 3 is 2.68 bits per heavy atom. The molecule has 0 aliphatic heterocycles. The lowest BCUT2D eigenvalue weighted by Crippen LogP contribution is -2.57. The Morgan fingerprint density at radius 1 is 1.47 bits per heavy atom. The molecule has 1 aliphatic carbocycles. The van der Waals surface area contributed by atoms with E-state index in [2.05, 4.69) is 38.0 Å². The van der Waals surface area contributed by atoms with Crippen molar-refractivity contribution in [3.8, 4) is 0 Å². The maximum absolute atomic E-state index is 11.6. The van der Waals surface area contributed by atoms with E-state index in [1.165, 1.54) is 6.42 Å². The van der Waals surface area contributed by atoms with E-state index in [1.54, 1.807) is 6.08 Å². The number of aliphatic hydroxyl groups excluding tert-OH is 1. The summed E-state index contributed by atoms with van der Waals surface area (Å²) in [4.78, 5) is 11.6. The van der Waals surface area contributed by atoms with Crippen molar-refractivity contribution in [3.05, 3.63) is 12.7 Å². The van der Waals surface area contributed by atoms with Gasteiger partial charge in [0.25, 0.3) is 0 Å². The second-order valence-corrected chi connectivity index (χ2v) is 6.74. The minimum absolute atomic E-state index is 0.0521. The van der Waals surface area contributed by atoms with Gasteiger partial charge in [-0.05, 0) is 30.6 Å². The van der Waals surface area contributed by atoms with E-state index in [9.17, 15) is 9.90 Å². The molecule has 1 fully saturated rings. The average Bonchev–Trinajstić information content (AvgIpc) is 2.31. The topological polar surface area (TPSA) is 61.4 Å². The molecule has 0 aromatic carbocycles. The summed E-state index contributed by atoms with van der Waals surface area (Å²) in [6.07, 6.45) is 4.64. The molecule has 4 nitrogen and oxygen atoms in total. The third-order valence-corrected chi connectivity index (χ3v) is 3.83. The SMILES string of the molecule is C=CCNC(=O)CN[C@]1(CO)C[C@H](C)CC(C)(C)C1. The maximum Gasteiger partial charge on any atom is 0.234 e. The van der Waals surface area contributed by atoms with E-state index in [-0.39, 0.29) is 30.0 Å². The van der Waals surface area contributed by atoms with Crippen molar-refractivity contribution < 1.29 is 9.90 Å². The number of rotatable bonds is 6. The van der Waals surface area contributed by atoms with E-state index < -0.39 is 0 Å². The number of hydrogen-bond acceptors (Lipinski definition) is 3. The number of amides is 1. The highest BCUT2D eigenvalue weighted by Gasteiger charge is 2.42. The van der Waals surface area contributed by atoms with Gasteiger partial charge in [0.1, 0.15) is 0 Å². The van der Waals surface area contributed by atoms with Crippen LogP contribution in [0.4, 0.5) is 0 Å². The third kappa shape index (κ3) is 4.96. The predicted molar refractivity (Wildman–Crippen MR) is 77.8 cm³/mol. The molecule has 0 heterocycles. The summed E-state index contributed by atoms with van der Waals surface area (Å²) < 4.78 is 0. The molecule has 0 saturated heterocycles. The molecule has 0 spiro atoms. The van der Waals surface area contributed by atoms with Gasteiger partial charge in [-0.15, -0.1) is 6.58 Å². The first kappa shape index (κ1) is 16.2. The highest BCUT2D eigenvalue weighted by molar-refractivity contribution is 5.78. The summed E-state index contributed by atoms with van der Waals surface area (Å²) >= 11 is 0. The van der Waals surface area contributed by atoms with Gasteiger partial charge in [-0.3, -0.25) is 4.79 Å². The Bertz CT molecular complexity index is 328. The zero-order chi connectivity index (χ0) is 14.5. The molecule has 2 atom stereocenters. The Labute approximate surface area is 116 Å². The zero-order valence-electron chi connectivity index (χ0n) is 12.5. The van der Waals surface area contributed by atoms with E-state index in [1.807, 2.05) is 0 Å². The second kappa shape index (κ2) is 6.53. The van der Waals surface area contributed by atoms with Crippen LogP contribution in [0.2, 0.25) is 0 Å². The Balaban J connectivity index is 2.60. The lowest BCUT2D eigenvalue weighted by atomic mass is 9.64. The Kier molecular flexibility index (Phi) is 5.56. The van der Waals surface area contributed by atoms with Gasteiger partial charge in [0, 0.05) is 12.1 Å². The van der Waals surface area contributed by atoms with Crippen LogP contribution in [0.25, 0.3) is 0 Å². The average molecular weight is 268 g/mol. The smallest absolute Gasteiger partial charge is 0.234 e. The van der Waals surface area contributed by atoms with Gasteiger partial charge in [-0.25, -0.2) is 0 Å². The van der Waals surface area contributed by atoms with Crippen LogP contribution in [0.1, 0.15) is 40.0 Å². The van der Waals surface area contributed by atoms with E-state index >= 15 is 0 Å². The lowest BCUT2D eigenvalue weighted by molar-refractivity contribution is -0.120. The fraction of sp³-hybridized carbons (Fsp3) is 0.800. The number of hydrogen-bond donors (Lipinski definition) is 3. The molecule has 1 saturated carbocycles. The van der Waals surface area contributed by atoms with Crippen LogP contribution in [0.3, 0.4) is 0 Å².